The summed E-state index contributed by atoms with van der Waals surface area (Å²) in [4.78, 5) is 0. The number of hydrogen-bond acceptors (Lipinski definition) is 1. The first kappa shape index (κ1) is 15.0. The fraction of sp³-hybridized carbons (Fsp3) is 0.810. The van der Waals surface area contributed by atoms with Gasteiger partial charge in [0.05, 0.1) is 6.10 Å². The summed E-state index contributed by atoms with van der Waals surface area (Å²) >= 11 is 0. The van der Waals surface area contributed by atoms with Crippen molar-refractivity contribution in [1.82, 2.24) is 0 Å². The average Bonchev–Trinajstić information content (AvgIpc) is 2.84. The van der Waals surface area contributed by atoms with Gasteiger partial charge in [-0.05, 0) is 86.9 Å². The molecule has 1 nitrogen and oxygen atoms in total. The van der Waals surface area contributed by atoms with Crippen LogP contribution in [0.15, 0.2) is 23.3 Å². The lowest BCUT2D eigenvalue weighted by Crippen LogP contribution is -2.47. The predicted octanol–water partition coefficient (Wildman–Crippen LogP) is 5.26. The molecule has 0 amide bonds. The summed E-state index contributed by atoms with van der Waals surface area (Å²) in [6.07, 6.45) is 15.0. The first-order valence-corrected chi connectivity index (χ1v) is 9.53. The maximum absolute atomic E-state index is 10.1. The molecule has 0 aromatic heterocycles. The Bertz CT molecular complexity index is 530. The molecule has 3 fully saturated rings. The van der Waals surface area contributed by atoms with Crippen LogP contribution in [0, 0.1) is 28.6 Å². The third-order valence-electron chi connectivity index (χ3n) is 8.20. The van der Waals surface area contributed by atoms with Crippen molar-refractivity contribution >= 4 is 0 Å². The Morgan fingerprint density at radius 2 is 1.95 bits per heavy atom. The third kappa shape index (κ3) is 1.87. The van der Waals surface area contributed by atoms with Gasteiger partial charge in [-0.3, -0.25) is 0 Å². The van der Waals surface area contributed by atoms with Crippen LogP contribution < -0.4 is 0 Å². The molecule has 1 N–H and O–H groups in total. The Labute approximate surface area is 135 Å². The minimum Gasteiger partial charge on any atom is -0.393 e. The molecule has 6 atom stereocenters. The lowest BCUT2D eigenvalue weighted by atomic mass is 9.49. The Hall–Kier alpha value is -0.560. The first-order chi connectivity index (χ1) is 10.5. The number of rotatable bonds is 0. The minimum absolute atomic E-state index is 0.0369. The molecule has 0 aliphatic heterocycles. The molecular weight excluding hydrogens is 268 g/mol. The molecule has 0 aromatic rings. The molecule has 0 heterocycles. The maximum atomic E-state index is 10.1. The van der Waals surface area contributed by atoms with Crippen LogP contribution in [-0.4, -0.2) is 11.2 Å². The van der Waals surface area contributed by atoms with Crippen molar-refractivity contribution < 1.29 is 5.11 Å². The standard InChI is InChI=1S/C21H32O/c1-4-14-6-8-18-17-7-5-15-13-16(22)9-11-21(15,3)19(17)10-12-20(14,18)2/h4,10,15-18,22H,5-9,11-13H2,1-3H3/t15?,16?,17?,18?,20-,21+/m1/s1. The van der Waals surface area contributed by atoms with Gasteiger partial charge in [-0.15, -0.1) is 0 Å². The van der Waals surface area contributed by atoms with Crippen LogP contribution in [0.4, 0.5) is 0 Å². The highest BCUT2D eigenvalue weighted by atomic mass is 16.3. The predicted molar refractivity (Wildman–Crippen MR) is 91.5 cm³/mol. The van der Waals surface area contributed by atoms with Gasteiger partial charge in [-0.2, -0.15) is 0 Å². The van der Waals surface area contributed by atoms with E-state index < -0.39 is 0 Å². The Balaban J connectivity index is 1.71. The number of allylic oxidation sites excluding steroid dienone is 4. The van der Waals surface area contributed by atoms with Crippen molar-refractivity contribution in [2.24, 2.45) is 28.6 Å². The summed E-state index contributed by atoms with van der Waals surface area (Å²) in [5.74, 6) is 2.43. The molecule has 0 bridgehead atoms. The minimum atomic E-state index is -0.0369. The van der Waals surface area contributed by atoms with Gasteiger partial charge in [-0.25, -0.2) is 0 Å². The highest BCUT2D eigenvalue weighted by Gasteiger charge is 2.55. The molecule has 1 heteroatoms. The van der Waals surface area contributed by atoms with Crippen LogP contribution in [0.1, 0.15) is 72.1 Å². The maximum Gasteiger partial charge on any atom is 0.0543 e. The molecule has 0 radical (unpaired) electrons. The van der Waals surface area contributed by atoms with E-state index in [1.54, 1.807) is 11.1 Å². The van der Waals surface area contributed by atoms with Gasteiger partial charge in [0.25, 0.3) is 0 Å². The second kappa shape index (κ2) is 4.97. The second-order valence-corrected chi connectivity index (χ2v) is 8.97. The van der Waals surface area contributed by atoms with E-state index in [2.05, 4.69) is 32.9 Å². The third-order valence-corrected chi connectivity index (χ3v) is 8.20. The molecule has 122 valence electrons. The van der Waals surface area contributed by atoms with E-state index in [4.69, 9.17) is 0 Å². The smallest absolute Gasteiger partial charge is 0.0543 e. The number of fused-ring (bicyclic) bond motifs is 5. The molecule has 22 heavy (non-hydrogen) atoms. The molecule has 0 spiro atoms. The van der Waals surface area contributed by atoms with Crippen molar-refractivity contribution in [3.05, 3.63) is 23.3 Å². The SMILES string of the molecule is CC=C1CCC2C3CCC4CC(O)CC[C@]4(C)C3=CC[C@]12C. The van der Waals surface area contributed by atoms with Crippen molar-refractivity contribution in [3.8, 4) is 0 Å². The van der Waals surface area contributed by atoms with Gasteiger partial charge in [0, 0.05) is 0 Å². The van der Waals surface area contributed by atoms with Crippen molar-refractivity contribution in [3.63, 3.8) is 0 Å². The number of aliphatic hydroxyl groups is 1. The fourth-order valence-corrected chi connectivity index (χ4v) is 6.83. The van der Waals surface area contributed by atoms with E-state index >= 15 is 0 Å². The zero-order valence-corrected chi connectivity index (χ0v) is 14.6. The lowest BCUT2D eigenvalue weighted by molar-refractivity contribution is -0.00472. The average molecular weight is 300 g/mol. The fourth-order valence-electron chi connectivity index (χ4n) is 6.83. The second-order valence-electron chi connectivity index (χ2n) is 8.97. The van der Waals surface area contributed by atoms with Gasteiger partial charge < -0.3 is 5.11 Å². The highest BCUT2D eigenvalue weighted by molar-refractivity contribution is 5.34. The van der Waals surface area contributed by atoms with Crippen LogP contribution in [-0.2, 0) is 0 Å². The van der Waals surface area contributed by atoms with Gasteiger partial charge in [0.1, 0.15) is 0 Å². The van der Waals surface area contributed by atoms with E-state index in [0.29, 0.717) is 10.8 Å². The molecule has 4 aliphatic carbocycles. The topological polar surface area (TPSA) is 20.2 Å². The molecule has 4 aliphatic rings. The largest absolute Gasteiger partial charge is 0.393 e. The lowest BCUT2D eigenvalue weighted by Gasteiger charge is -2.56. The van der Waals surface area contributed by atoms with E-state index in [0.717, 1.165) is 30.6 Å². The molecule has 3 saturated carbocycles. The van der Waals surface area contributed by atoms with Gasteiger partial charge in [-0.1, -0.05) is 37.1 Å². The van der Waals surface area contributed by atoms with Crippen molar-refractivity contribution in [2.45, 2.75) is 78.2 Å². The van der Waals surface area contributed by atoms with E-state index in [9.17, 15) is 5.11 Å². The van der Waals surface area contributed by atoms with E-state index in [1.165, 1.54) is 38.5 Å². The van der Waals surface area contributed by atoms with Crippen LogP contribution in [0.3, 0.4) is 0 Å². The summed E-state index contributed by atoms with van der Waals surface area (Å²) in [5, 5.41) is 10.1. The normalized spacial score (nSPS) is 52.7. The monoisotopic (exact) mass is 300 g/mol. The Morgan fingerprint density at radius 1 is 1.14 bits per heavy atom. The molecular formula is C21H32O. The molecule has 0 saturated heterocycles. The van der Waals surface area contributed by atoms with Crippen LogP contribution in [0.2, 0.25) is 0 Å². The van der Waals surface area contributed by atoms with E-state index in [1.807, 2.05) is 0 Å². The van der Waals surface area contributed by atoms with Crippen LogP contribution >= 0.6 is 0 Å². The quantitative estimate of drug-likeness (QED) is 0.605. The highest BCUT2D eigenvalue weighted by Crippen LogP contribution is 2.65. The van der Waals surface area contributed by atoms with Crippen LogP contribution in [0.25, 0.3) is 0 Å². The van der Waals surface area contributed by atoms with Gasteiger partial charge >= 0.3 is 0 Å². The Morgan fingerprint density at radius 3 is 2.73 bits per heavy atom. The van der Waals surface area contributed by atoms with E-state index in [-0.39, 0.29) is 6.10 Å². The summed E-state index contributed by atoms with van der Waals surface area (Å²) in [5.41, 5.74) is 4.36. The zero-order valence-electron chi connectivity index (χ0n) is 14.6. The van der Waals surface area contributed by atoms with Crippen LogP contribution in [0.5, 0.6) is 0 Å². The Kier molecular flexibility index (Phi) is 3.39. The summed E-state index contributed by atoms with van der Waals surface area (Å²) < 4.78 is 0. The number of hydrogen-bond donors (Lipinski definition) is 1. The van der Waals surface area contributed by atoms with Crippen molar-refractivity contribution in [2.75, 3.05) is 0 Å². The summed E-state index contributed by atoms with van der Waals surface area (Å²) in [6, 6.07) is 0. The first-order valence-electron chi connectivity index (χ1n) is 9.53. The van der Waals surface area contributed by atoms with Gasteiger partial charge in [0.2, 0.25) is 0 Å². The zero-order chi connectivity index (χ0) is 15.5. The molecule has 0 aromatic carbocycles. The van der Waals surface area contributed by atoms with Gasteiger partial charge in [0.15, 0.2) is 0 Å². The summed E-state index contributed by atoms with van der Waals surface area (Å²) in [6.45, 7) is 7.30. The molecule has 4 rings (SSSR count). The number of aliphatic hydroxyl groups excluding tert-OH is 1. The van der Waals surface area contributed by atoms with Crippen molar-refractivity contribution in [1.29, 1.82) is 0 Å². The summed E-state index contributed by atoms with van der Waals surface area (Å²) in [7, 11) is 0. The molecule has 4 unspecified atom stereocenters.